The normalized spacial score (nSPS) is 10.3. The lowest BCUT2D eigenvalue weighted by atomic mass is 9.97. The van der Waals surface area contributed by atoms with E-state index in [1.807, 2.05) is 64.1 Å². The summed E-state index contributed by atoms with van der Waals surface area (Å²) in [6.07, 6.45) is 0. The summed E-state index contributed by atoms with van der Waals surface area (Å²) in [6.45, 7) is 37.6. The number of aryl methyl sites for hydroxylation is 2. The third-order valence-corrected chi connectivity index (χ3v) is 8.08. The maximum atomic E-state index is 7.58. The van der Waals surface area contributed by atoms with E-state index in [4.69, 9.17) is 29.9 Å². The van der Waals surface area contributed by atoms with Crippen LogP contribution in [0.15, 0.2) is 70.5 Å². The first-order chi connectivity index (χ1) is 18.8. The van der Waals surface area contributed by atoms with Gasteiger partial charge >= 0.3 is 0 Å². The molecular weight excluding hydrogens is 521 g/mol. The topological polar surface area (TPSA) is 26.7 Å². The van der Waals surface area contributed by atoms with Crippen molar-refractivity contribution in [3.8, 4) is 22.3 Å². The molecule has 0 aromatic heterocycles. The van der Waals surface area contributed by atoms with Crippen molar-refractivity contribution in [1.82, 2.24) is 0 Å². The third kappa shape index (κ3) is 5.53. The van der Waals surface area contributed by atoms with Gasteiger partial charge in [-0.25, -0.2) is 23.0 Å². The Bertz CT molecular complexity index is 1650. The zero-order valence-electron chi connectivity index (χ0n) is 21.8. The summed E-state index contributed by atoms with van der Waals surface area (Å²) < 4.78 is 6.12. The van der Waals surface area contributed by atoms with Gasteiger partial charge in [-0.15, -0.1) is 0 Å². The van der Waals surface area contributed by atoms with Crippen molar-refractivity contribution in [2.75, 3.05) is 0 Å². The van der Waals surface area contributed by atoms with E-state index >= 15 is 0 Å². The Kier molecular flexibility index (Phi) is 8.41. The second-order valence-electron chi connectivity index (χ2n) is 8.85. The fourth-order valence-electron chi connectivity index (χ4n) is 4.41. The van der Waals surface area contributed by atoms with Gasteiger partial charge in [-0.2, -0.15) is 0 Å². The van der Waals surface area contributed by atoms with Crippen LogP contribution in [0.4, 0.5) is 22.7 Å². The first-order valence-corrected chi connectivity index (χ1v) is 13.3. The van der Waals surface area contributed by atoms with Crippen molar-refractivity contribution in [1.29, 1.82) is 0 Å². The number of hydrogen-bond donors (Lipinski definition) is 0. The van der Waals surface area contributed by atoms with Crippen LogP contribution in [-0.2, 0) is 3.63 Å². The SMILES string of the molecule is [C-]#[N+]c1ccc(-c2c(SOSc3ccc([N+]#[C-])c(C)c3-c3ccc([N+]#[C-])c(C)c3)ccc([N+]#[C-])c2C)cc1C. The lowest BCUT2D eigenvalue weighted by Gasteiger charge is -2.16. The van der Waals surface area contributed by atoms with Gasteiger partial charge in [-0.1, -0.05) is 60.7 Å². The number of benzene rings is 4. The second-order valence-corrected chi connectivity index (χ2v) is 10.6. The smallest absolute Gasteiger partial charge is 0.190 e. The lowest BCUT2D eigenvalue weighted by Crippen LogP contribution is -1.91. The molecule has 4 rings (SSSR count). The van der Waals surface area contributed by atoms with Crippen LogP contribution < -0.4 is 0 Å². The fraction of sp³-hybridized carbons (Fsp3) is 0.125. The maximum absolute atomic E-state index is 7.58. The molecule has 0 bridgehead atoms. The van der Waals surface area contributed by atoms with Crippen LogP contribution >= 0.6 is 24.1 Å². The predicted octanol–water partition coefficient (Wildman–Crippen LogP) is 11.2. The molecule has 0 atom stereocenters. The van der Waals surface area contributed by atoms with E-state index in [-0.39, 0.29) is 0 Å². The van der Waals surface area contributed by atoms with Crippen LogP contribution in [0.3, 0.4) is 0 Å². The Balaban J connectivity index is 1.70. The molecule has 0 saturated carbocycles. The molecule has 39 heavy (non-hydrogen) atoms. The van der Waals surface area contributed by atoms with Gasteiger partial charge in [0.1, 0.15) is 0 Å². The van der Waals surface area contributed by atoms with Crippen LogP contribution in [0.5, 0.6) is 0 Å². The van der Waals surface area contributed by atoms with Gasteiger partial charge in [0.15, 0.2) is 22.7 Å². The van der Waals surface area contributed by atoms with E-state index in [0.29, 0.717) is 22.7 Å². The van der Waals surface area contributed by atoms with Crippen molar-refractivity contribution >= 4 is 46.8 Å². The molecule has 0 spiro atoms. The molecule has 0 N–H and O–H groups in total. The minimum Gasteiger partial charge on any atom is -0.238 e. The zero-order valence-corrected chi connectivity index (χ0v) is 23.4. The molecule has 188 valence electrons. The molecule has 0 aliphatic rings. The number of rotatable bonds is 6. The van der Waals surface area contributed by atoms with E-state index in [1.165, 1.54) is 24.1 Å². The fourth-order valence-corrected chi connectivity index (χ4v) is 6.09. The van der Waals surface area contributed by atoms with Crippen molar-refractivity contribution in [3.05, 3.63) is 129 Å². The lowest BCUT2D eigenvalue weighted by molar-refractivity contribution is 0.757. The largest absolute Gasteiger partial charge is 0.238 e. The van der Waals surface area contributed by atoms with Gasteiger partial charge < -0.3 is 0 Å². The summed E-state index contributed by atoms with van der Waals surface area (Å²) in [6, 6.07) is 18.7. The molecule has 0 aliphatic heterocycles. The van der Waals surface area contributed by atoms with Crippen molar-refractivity contribution < 1.29 is 3.63 Å². The molecule has 4 aromatic carbocycles. The highest BCUT2D eigenvalue weighted by molar-refractivity contribution is 8.08. The monoisotopic (exact) mass is 542 g/mol. The Morgan fingerprint density at radius 1 is 0.513 bits per heavy atom. The number of nitrogens with zero attached hydrogens (tertiary/aromatic N) is 4. The van der Waals surface area contributed by atoms with Crippen molar-refractivity contribution in [2.24, 2.45) is 0 Å². The molecule has 0 aliphatic carbocycles. The molecule has 0 heterocycles. The molecule has 0 saturated heterocycles. The molecule has 4 aromatic rings. The summed E-state index contributed by atoms with van der Waals surface area (Å²) in [4.78, 5) is 16.2. The van der Waals surface area contributed by atoms with Crippen LogP contribution in [-0.4, -0.2) is 0 Å². The van der Waals surface area contributed by atoms with Gasteiger partial charge in [-0.05, 0) is 72.2 Å². The summed E-state index contributed by atoms with van der Waals surface area (Å²) in [5, 5.41) is 0. The van der Waals surface area contributed by atoms with E-state index in [1.54, 1.807) is 24.3 Å². The van der Waals surface area contributed by atoms with Gasteiger partial charge in [-0.3, -0.25) is 0 Å². The van der Waals surface area contributed by atoms with Gasteiger partial charge in [0.2, 0.25) is 0 Å². The summed E-state index contributed by atoms with van der Waals surface area (Å²) >= 11 is 2.43. The Labute approximate surface area is 238 Å². The van der Waals surface area contributed by atoms with Crippen LogP contribution in [0, 0.1) is 54.0 Å². The summed E-state index contributed by atoms with van der Waals surface area (Å²) in [5.74, 6) is 0. The van der Waals surface area contributed by atoms with E-state index in [0.717, 1.165) is 54.3 Å². The van der Waals surface area contributed by atoms with Crippen molar-refractivity contribution in [3.63, 3.8) is 0 Å². The van der Waals surface area contributed by atoms with Crippen LogP contribution in [0.25, 0.3) is 41.6 Å². The Morgan fingerprint density at radius 3 is 1.21 bits per heavy atom. The predicted molar refractivity (Wildman–Crippen MR) is 161 cm³/mol. The van der Waals surface area contributed by atoms with Gasteiger partial charge in [0.05, 0.1) is 26.3 Å². The van der Waals surface area contributed by atoms with Crippen LogP contribution in [0.2, 0.25) is 0 Å². The first-order valence-electron chi connectivity index (χ1n) is 11.8. The van der Waals surface area contributed by atoms with Crippen molar-refractivity contribution in [2.45, 2.75) is 37.5 Å². The zero-order chi connectivity index (χ0) is 28.1. The molecule has 7 heteroatoms. The van der Waals surface area contributed by atoms with E-state index in [9.17, 15) is 0 Å². The summed E-state index contributed by atoms with van der Waals surface area (Å²) in [7, 11) is 0. The van der Waals surface area contributed by atoms with E-state index in [2.05, 4.69) is 19.4 Å². The van der Waals surface area contributed by atoms with E-state index < -0.39 is 0 Å². The molecule has 5 nitrogen and oxygen atoms in total. The molecule has 0 amide bonds. The highest BCUT2D eigenvalue weighted by Crippen LogP contribution is 2.45. The minimum absolute atomic E-state index is 0.569. The maximum Gasteiger partial charge on any atom is 0.190 e. The second kappa shape index (κ2) is 11.9. The standard InChI is InChI=1S/C32H22N4OS2/c1-19-17-23(9-11-25(19)33-5)31-21(3)27(35-7)13-15-29(31)38-37-39-30-16-14-28(36-8)22(4)32(30)24-10-12-26(34-6)20(2)18-24/h9-18H,1-4H3. The first kappa shape index (κ1) is 27.5. The molecular formula is C32H22N4OS2. The molecule has 0 unspecified atom stereocenters. The summed E-state index contributed by atoms with van der Waals surface area (Å²) in [5.41, 5.74) is 9.45. The van der Waals surface area contributed by atoms with Gasteiger partial charge in [0.25, 0.3) is 0 Å². The highest BCUT2D eigenvalue weighted by atomic mass is 32.2. The Hall–Kier alpha value is -4.50. The average molecular weight is 543 g/mol. The third-order valence-electron chi connectivity index (χ3n) is 6.50. The average Bonchev–Trinajstić information content (AvgIpc) is 2.93. The highest BCUT2D eigenvalue weighted by Gasteiger charge is 2.17. The molecule has 0 radical (unpaired) electrons. The molecule has 0 fully saturated rings. The number of hydrogen-bond acceptors (Lipinski definition) is 3. The quantitative estimate of drug-likeness (QED) is 0.179. The Morgan fingerprint density at radius 2 is 0.872 bits per heavy atom. The minimum atomic E-state index is 0.569. The van der Waals surface area contributed by atoms with Gasteiger partial charge in [0, 0.05) is 33.9 Å². The van der Waals surface area contributed by atoms with Crippen LogP contribution in [0.1, 0.15) is 22.3 Å².